The van der Waals surface area contributed by atoms with Gasteiger partial charge >= 0.3 is 0 Å². The summed E-state index contributed by atoms with van der Waals surface area (Å²) in [5.41, 5.74) is 3.78. The van der Waals surface area contributed by atoms with Crippen molar-refractivity contribution in [3.05, 3.63) is 23.9 Å². The first-order valence-corrected chi connectivity index (χ1v) is 6.58. The number of aliphatic hydroxyl groups excluding tert-OH is 1. The second-order valence-electron chi connectivity index (χ2n) is 5.46. The standard InChI is InChI=1S/C13H20N4O/c14-16-13-5-9(3-4-15-13)6-17-7-10-1-2-12(18)11(10)8-17/h3-5,10-12,18H,1-2,6-8,14H2,(H,15,16). The van der Waals surface area contributed by atoms with Gasteiger partial charge in [-0.15, -0.1) is 0 Å². The topological polar surface area (TPSA) is 74.4 Å². The quantitative estimate of drug-likeness (QED) is 0.538. The molecule has 0 bridgehead atoms. The summed E-state index contributed by atoms with van der Waals surface area (Å²) in [6.45, 7) is 3.03. The van der Waals surface area contributed by atoms with Crippen LogP contribution in [0, 0.1) is 11.8 Å². The van der Waals surface area contributed by atoms with E-state index in [0.717, 1.165) is 26.1 Å². The minimum atomic E-state index is -0.0845. The predicted molar refractivity (Wildman–Crippen MR) is 69.5 cm³/mol. The number of aliphatic hydroxyl groups is 1. The molecule has 0 spiro atoms. The summed E-state index contributed by atoms with van der Waals surface area (Å²) in [5.74, 6) is 7.24. The molecular formula is C13H20N4O. The Labute approximate surface area is 107 Å². The number of fused-ring (bicyclic) bond motifs is 1. The van der Waals surface area contributed by atoms with Crippen LogP contribution in [0.3, 0.4) is 0 Å². The lowest BCUT2D eigenvalue weighted by molar-refractivity contribution is 0.123. The van der Waals surface area contributed by atoms with E-state index in [1.165, 1.54) is 12.0 Å². The van der Waals surface area contributed by atoms with Gasteiger partial charge in [0.15, 0.2) is 0 Å². The summed E-state index contributed by atoms with van der Waals surface area (Å²) in [6, 6.07) is 4.00. The predicted octanol–water partition coefficient (Wildman–Crippen LogP) is 0.570. The Morgan fingerprint density at radius 3 is 3.11 bits per heavy atom. The molecule has 0 aromatic carbocycles. The van der Waals surface area contributed by atoms with Crippen LogP contribution < -0.4 is 11.3 Å². The SMILES string of the molecule is NNc1cc(CN2CC3CCC(O)C3C2)ccn1. The third-order valence-electron chi connectivity index (χ3n) is 4.27. The molecule has 3 rings (SSSR count). The van der Waals surface area contributed by atoms with Gasteiger partial charge in [0.1, 0.15) is 5.82 Å². The van der Waals surface area contributed by atoms with Crippen LogP contribution in [0.25, 0.3) is 0 Å². The fraction of sp³-hybridized carbons (Fsp3) is 0.615. The molecule has 1 aromatic heterocycles. The maximum atomic E-state index is 9.90. The zero-order valence-corrected chi connectivity index (χ0v) is 10.4. The minimum absolute atomic E-state index is 0.0845. The second kappa shape index (κ2) is 4.84. The highest BCUT2D eigenvalue weighted by molar-refractivity contribution is 5.35. The first-order chi connectivity index (χ1) is 8.76. The van der Waals surface area contributed by atoms with E-state index < -0.39 is 0 Å². The number of hydrazine groups is 1. The molecule has 98 valence electrons. The fourth-order valence-corrected chi connectivity index (χ4v) is 3.37. The van der Waals surface area contributed by atoms with Crippen LogP contribution in [0.15, 0.2) is 18.3 Å². The average Bonchev–Trinajstić information content (AvgIpc) is 2.92. The monoisotopic (exact) mass is 248 g/mol. The minimum Gasteiger partial charge on any atom is -0.393 e. The normalized spacial score (nSPS) is 31.6. The van der Waals surface area contributed by atoms with E-state index >= 15 is 0 Å². The average molecular weight is 248 g/mol. The summed E-state index contributed by atoms with van der Waals surface area (Å²) in [7, 11) is 0. The van der Waals surface area contributed by atoms with Gasteiger partial charge in [-0.25, -0.2) is 10.8 Å². The van der Waals surface area contributed by atoms with Crippen LogP contribution in [0.4, 0.5) is 5.82 Å². The number of pyridine rings is 1. The van der Waals surface area contributed by atoms with Gasteiger partial charge in [-0.2, -0.15) is 0 Å². The van der Waals surface area contributed by atoms with Crippen molar-refractivity contribution < 1.29 is 5.11 Å². The van der Waals surface area contributed by atoms with Gasteiger partial charge in [-0.1, -0.05) is 0 Å². The summed E-state index contributed by atoms with van der Waals surface area (Å²) in [4.78, 5) is 6.53. The number of hydrogen-bond acceptors (Lipinski definition) is 5. The molecule has 3 unspecified atom stereocenters. The maximum Gasteiger partial charge on any atom is 0.140 e. The number of nitrogens with two attached hydrogens (primary N) is 1. The molecule has 2 aliphatic rings. The van der Waals surface area contributed by atoms with E-state index in [9.17, 15) is 5.11 Å². The van der Waals surface area contributed by atoms with Gasteiger partial charge in [0.05, 0.1) is 6.10 Å². The number of hydrogen-bond donors (Lipinski definition) is 3. The van der Waals surface area contributed by atoms with Crippen LogP contribution in [0.1, 0.15) is 18.4 Å². The molecule has 2 heterocycles. The molecule has 3 atom stereocenters. The van der Waals surface area contributed by atoms with Crippen LogP contribution >= 0.6 is 0 Å². The van der Waals surface area contributed by atoms with Crippen molar-refractivity contribution in [3.63, 3.8) is 0 Å². The smallest absolute Gasteiger partial charge is 0.140 e. The van der Waals surface area contributed by atoms with Gasteiger partial charge in [0.2, 0.25) is 0 Å². The molecule has 1 aliphatic carbocycles. The molecular weight excluding hydrogens is 228 g/mol. The van der Waals surface area contributed by atoms with Crippen molar-refractivity contribution in [2.45, 2.75) is 25.5 Å². The fourth-order valence-electron chi connectivity index (χ4n) is 3.37. The molecule has 1 aromatic rings. The van der Waals surface area contributed by atoms with Crippen LogP contribution in [0.2, 0.25) is 0 Å². The van der Waals surface area contributed by atoms with Crippen molar-refractivity contribution in [2.24, 2.45) is 17.7 Å². The van der Waals surface area contributed by atoms with Gasteiger partial charge in [0.25, 0.3) is 0 Å². The summed E-state index contributed by atoms with van der Waals surface area (Å²) < 4.78 is 0. The first-order valence-electron chi connectivity index (χ1n) is 6.58. The zero-order chi connectivity index (χ0) is 12.5. The molecule has 5 nitrogen and oxygen atoms in total. The third kappa shape index (κ3) is 2.21. The molecule has 1 aliphatic heterocycles. The number of anilines is 1. The Bertz CT molecular complexity index is 425. The highest BCUT2D eigenvalue weighted by Crippen LogP contribution is 2.38. The van der Waals surface area contributed by atoms with E-state index in [4.69, 9.17) is 5.84 Å². The molecule has 2 fully saturated rings. The lowest BCUT2D eigenvalue weighted by atomic mass is 10.00. The van der Waals surface area contributed by atoms with E-state index in [1.54, 1.807) is 6.20 Å². The summed E-state index contributed by atoms with van der Waals surface area (Å²) >= 11 is 0. The van der Waals surface area contributed by atoms with Crippen molar-refractivity contribution >= 4 is 5.82 Å². The number of likely N-dealkylation sites (tertiary alicyclic amines) is 1. The van der Waals surface area contributed by atoms with Gasteiger partial charge in [-0.3, -0.25) is 4.90 Å². The summed E-state index contributed by atoms with van der Waals surface area (Å²) in [6.07, 6.45) is 3.85. The van der Waals surface area contributed by atoms with E-state index in [0.29, 0.717) is 17.7 Å². The third-order valence-corrected chi connectivity index (χ3v) is 4.27. The van der Waals surface area contributed by atoms with Gasteiger partial charge in [0, 0.05) is 31.7 Å². The van der Waals surface area contributed by atoms with Gasteiger partial charge < -0.3 is 10.5 Å². The molecule has 1 saturated carbocycles. The lowest BCUT2D eigenvalue weighted by Gasteiger charge is -2.18. The van der Waals surface area contributed by atoms with Crippen molar-refractivity contribution in [1.29, 1.82) is 0 Å². The van der Waals surface area contributed by atoms with Crippen LogP contribution in [-0.2, 0) is 6.54 Å². The Morgan fingerprint density at radius 2 is 2.33 bits per heavy atom. The number of rotatable bonds is 3. The first kappa shape index (κ1) is 11.9. The van der Waals surface area contributed by atoms with Crippen LogP contribution in [0.5, 0.6) is 0 Å². The number of nitrogen functional groups attached to an aromatic ring is 1. The molecule has 0 radical (unpaired) electrons. The van der Waals surface area contributed by atoms with Crippen molar-refractivity contribution in [3.8, 4) is 0 Å². The molecule has 4 N–H and O–H groups in total. The Balaban J connectivity index is 1.64. The van der Waals surface area contributed by atoms with Crippen LogP contribution in [-0.4, -0.2) is 34.2 Å². The number of nitrogens with one attached hydrogen (secondary N) is 1. The van der Waals surface area contributed by atoms with Crippen molar-refractivity contribution in [1.82, 2.24) is 9.88 Å². The molecule has 18 heavy (non-hydrogen) atoms. The largest absolute Gasteiger partial charge is 0.393 e. The van der Waals surface area contributed by atoms with Gasteiger partial charge in [-0.05, 0) is 36.5 Å². The Morgan fingerprint density at radius 1 is 1.44 bits per heavy atom. The Kier molecular flexibility index (Phi) is 3.20. The zero-order valence-electron chi connectivity index (χ0n) is 10.4. The van der Waals surface area contributed by atoms with E-state index in [-0.39, 0.29) is 6.10 Å². The number of aromatic nitrogens is 1. The van der Waals surface area contributed by atoms with E-state index in [1.807, 2.05) is 12.1 Å². The lowest BCUT2D eigenvalue weighted by Crippen LogP contribution is -2.24. The summed E-state index contributed by atoms with van der Waals surface area (Å²) in [5, 5.41) is 9.90. The highest BCUT2D eigenvalue weighted by atomic mass is 16.3. The molecule has 5 heteroatoms. The second-order valence-corrected chi connectivity index (χ2v) is 5.46. The van der Waals surface area contributed by atoms with Crippen molar-refractivity contribution in [2.75, 3.05) is 18.5 Å². The number of nitrogens with zero attached hydrogens (tertiary/aromatic N) is 2. The molecule has 1 saturated heterocycles. The molecule has 0 amide bonds. The maximum absolute atomic E-state index is 9.90. The van der Waals surface area contributed by atoms with E-state index in [2.05, 4.69) is 15.3 Å². The highest BCUT2D eigenvalue weighted by Gasteiger charge is 2.41. The Hall–Kier alpha value is -1.17.